The van der Waals surface area contributed by atoms with E-state index >= 15 is 0 Å². The van der Waals surface area contributed by atoms with E-state index in [1.807, 2.05) is 0 Å². The summed E-state index contributed by atoms with van der Waals surface area (Å²) in [6.07, 6.45) is 28.4. The molecule has 0 amide bonds. The number of hydrogen-bond donors (Lipinski definition) is 0. The van der Waals surface area contributed by atoms with Crippen LogP contribution in [0.5, 0.6) is 0 Å². The van der Waals surface area contributed by atoms with Crippen molar-refractivity contribution in [2.24, 2.45) is 0 Å². The van der Waals surface area contributed by atoms with Crippen molar-refractivity contribution >= 4 is 0 Å². The van der Waals surface area contributed by atoms with Crippen LogP contribution >= 0.6 is 0 Å². The Balaban J connectivity index is 3.13. The van der Waals surface area contributed by atoms with E-state index in [2.05, 4.69) is 38.2 Å². The van der Waals surface area contributed by atoms with Crippen LogP contribution < -0.4 is 0 Å². The Bertz CT molecular complexity index is 212. The van der Waals surface area contributed by atoms with Gasteiger partial charge in [0.05, 0.1) is 0 Å². The Morgan fingerprint density at radius 1 is 0.450 bits per heavy atom. The average molecular weight is 279 g/mol. The minimum atomic E-state index is 1.13. The molecule has 0 saturated carbocycles. The van der Waals surface area contributed by atoms with Gasteiger partial charge in [-0.25, -0.2) is 0 Å². The third kappa shape index (κ3) is 17.5. The average Bonchev–Trinajstić information content (AvgIpc) is 2.47. The monoisotopic (exact) mass is 278 g/mol. The molecule has 0 aliphatic carbocycles. The van der Waals surface area contributed by atoms with Crippen molar-refractivity contribution < 1.29 is 0 Å². The molecule has 0 heteroatoms. The lowest BCUT2D eigenvalue weighted by atomic mass is 10.1. The maximum absolute atomic E-state index is 2.37. The van der Waals surface area contributed by atoms with Crippen molar-refractivity contribution in [3.05, 3.63) is 24.3 Å². The fourth-order valence-corrected chi connectivity index (χ4v) is 2.41. The van der Waals surface area contributed by atoms with Gasteiger partial charge in [0, 0.05) is 0 Å². The number of rotatable bonds is 15. The largest absolute Gasteiger partial charge is 0.0882 e. The summed E-state index contributed by atoms with van der Waals surface area (Å²) < 4.78 is 0. The van der Waals surface area contributed by atoms with Gasteiger partial charge in [0.25, 0.3) is 0 Å². The molecule has 118 valence electrons. The highest BCUT2D eigenvalue weighted by Gasteiger charge is 1.89. The fourth-order valence-electron chi connectivity index (χ4n) is 2.41. The summed E-state index contributed by atoms with van der Waals surface area (Å²) in [5.74, 6) is 0. The van der Waals surface area contributed by atoms with Gasteiger partial charge >= 0.3 is 0 Å². The molecule has 0 heterocycles. The van der Waals surface area contributed by atoms with Crippen LogP contribution in [0.25, 0.3) is 0 Å². The molecular weight excluding hydrogens is 240 g/mol. The molecule has 0 fully saturated rings. The third-order valence-corrected chi connectivity index (χ3v) is 3.80. The molecule has 0 unspecified atom stereocenters. The molecule has 0 rings (SSSR count). The molecule has 0 N–H and O–H groups in total. The van der Waals surface area contributed by atoms with Crippen molar-refractivity contribution in [2.75, 3.05) is 0 Å². The lowest BCUT2D eigenvalue weighted by molar-refractivity contribution is 0.592. The Morgan fingerprint density at radius 3 is 1.35 bits per heavy atom. The lowest BCUT2D eigenvalue weighted by Gasteiger charge is -1.98. The van der Waals surface area contributed by atoms with Gasteiger partial charge in [-0.1, -0.05) is 95.9 Å². The molecule has 0 aromatic rings. The normalized spacial score (nSPS) is 11.9. The molecule has 0 aliphatic rings. The van der Waals surface area contributed by atoms with Crippen LogP contribution in [0, 0.1) is 0 Å². The highest BCUT2D eigenvalue weighted by atomic mass is 14.0. The number of allylic oxidation sites excluding steroid dienone is 4. The molecule has 0 atom stereocenters. The number of hydrogen-bond acceptors (Lipinski definition) is 0. The van der Waals surface area contributed by atoms with Gasteiger partial charge in [0.15, 0.2) is 0 Å². The van der Waals surface area contributed by atoms with Crippen LogP contribution in [0.1, 0.15) is 104 Å². The molecule has 0 aromatic carbocycles. The molecule has 0 aromatic heterocycles. The second-order valence-electron chi connectivity index (χ2n) is 5.94. The zero-order valence-electron chi connectivity index (χ0n) is 14.2. The summed E-state index contributed by atoms with van der Waals surface area (Å²) in [7, 11) is 0. The topological polar surface area (TPSA) is 0 Å². The van der Waals surface area contributed by atoms with E-state index in [9.17, 15) is 0 Å². The van der Waals surface area contributed by atoms with Crippen LogP contribution in [-0.2, 0) is 0 Å². The summed E-state index contributed by atoms with van der Waals surface area (Å²) >= 11 is 0. The summed E-state index contributed by atoms with van der Waals surface area (Å²) in [5, 5.41) is 0. The second-order valence-corrected chi connectivity index (χ2v) is 5.94. The Kier molecular flexibility index (Phi) is 18.0. The fraction of sp³-hybridized carbons (Fsp3) is 0.800. The Hall–Kier alpha value is -0.520. The van der Waals surface area contributed by atoms with Crippen LogP contribution in [-0.4, -0.2) is 0 Å². The van der Waals surface area contributed by atoms with Gasteiger partial charge in [-0.15, -0.1) is 0 Å². The maximum Gasteiger partial charge on any atom is -0.0169 e. The summed E-state index contributed by atoms with van der Waals surface area (Å²) in [6, 6.07) is 0. The van der Waals surface area contributed by atoms with E-state index < -0.39 is 0 Å². The van der Waals surface area contributed by atoms with Crippen molar-refractivity contribution in [1.29, 1.82) is 0 Å². The third-order valence-electron chi connectivity index (χ3n) is 3.80. The highest BCUT2D eigenvalue weighted by molar-refractivity contribution is 4.92. The smallest absolute Gasteiger partial charge is 0.0169 e. The van der Waals surface area contributed by atoms with Crippen LogP contribution in [0.2, 0.25) is 0 Å². The van der Waals surface area contributed by atoms with E-state index in [1.165, 1.54) is 83.5 Å². The summed E-state index contributed by atoms with van der Waals surface area (Å²) in [4.78, 5) is 0. The van der Waals surface area contributed by atoms with E-state index in [0.717, 1.165) is 6.42 Å². The minimum absolute atomic E-state index is 1.13. The van der Waals surface area contributed by atoms with E-state index in [-0.39, 0.29) is 0 Å². The molecule has 0 nitrogen and oxygen atoms in total. The summed E-state index contributed by atoms with van der Waals surface area (Å²) in [6.45, 7) is 4.55. The predicted molar refractivity (Wildman–Crippen MR) is 94.3 cm³/mol. The van der Waals surface area contributed by atoms with Crippen molar-refractivity contribution in [3.63, 3.8) is 0 Å². The molecule has 0 spiro atoms. The highest BCUT2D eigenvalue weighted by Crippen LogP contribution is 2.09. The van der Waals surface area contributed by atoms with Gasteiger partial charge in [0.2, 0.25) is 0 Å². The quantitative estimate of drug-likeness (QED) is 0.214. The van der Waals surface area contributed by atoms with E-state index in [0.29, 0.717) is 0 Å². The molecule has 20 heavy (non-hydrogen) atoms. The van der Waals surface area contributed by atoms with Crippen molar-refractivity contribution in [3.8, 4) is 0 Å². The summed E-state index contributed by atoms with van der Waals surface area (Å²) in [5.41, 5.74) is 0. The standard InChI is InChI=1S/C20H38/c1-3-5-7-9-11-13-15-17-19-20-18-16-14-12-10-8-6-4-2/h13,15,19-20H,3-12,14,16-18H2,1-2H3. The zero-order chi connectivity index (χ0) is 14.7. The van der Waals surface area contributed by atoms with Gasteiger partial charge in [-0.3, -0.25) is 0 Å². The Morgan fingerprint density at radius 2 is 0.850 bits per heavy atom. The van der Waals surface area contributed by atoms with Crippen molar-refractivity contribution in [1.82, 2.24) is 0 Å². The SMILES string of the molecule is CCCCCCC=CCC=CCCCCCCCCC. The Labute approximate surface area is 128 Å². The molecular formula is C20H38. The predicted octanol–water partition coefficient (Wildman–Crippen LogP) is 7.60. The van der Waals surface area contributed by atoms with Gasteiger partial charge in [0.1, 0.15) is 0 Å². The van der Waals surface area contributed by atoms with E-state index in [4.69, 9.17) is 0 Å². The van der Waals surface area contributed by atoms with Crippen LogP contribution in [0.3, 0.4) is 0 Å². The number of unbranched alkanes of at least 4 members (excludes halogenated alkanes) is 11. The maximum atomic E-state index is 2.37. The lowest BCUT2D eigenvalue weighted by Crippen LogP contribution is -1.78. The molecule has 0 bridgehead atoms. The van der Waals surface area contributed by atoms with E-state index in [1.54, 1.807) is 0 Å². The van der Waals surface area contributed by atoms with Crippen LogP contribution in [0.15, 0.2) is 24.3 Å². The van der Waals surface area contributed by atoms with Crippen molar-refractivity contribution in [2.45, 2.75) is 104 Å². The first kappa shape index (κ1) is 19.5. The van der Waals surface area contributed by atoms with Crippen LogP contribution in [0.4, 0.5) is 0 Å². The first-order chi connectivity index (χ1) is 9.91. The molecule has 0 aliphatic heterocycles. The van der Waals surface area contributed by atoms with Gasteiger partial charge < -0.3 is 0 Å². The van der Waals surface area contributed by atoms with Gasteiger partial charge in [-0.2, -0.15) is 0 Å². The second kappa shape index (κ2) is 18.5. The molecule has 0 radical (unpaired) electrons. The van der Waals surface area contributed by atoms with Gasteiger partial charge in [-0.05, 0) is 32.1 Å². The minimum Gasteiger partial charge on any atom is -0.0882 e. The molecule has 0 saturated heterocycles. The first-order valence-electron chi connectivity index (χ1n) is 9.21. The zero-order valence-corrected chi connectivity index (χ0v) is 14.2. The first-order valence-corrected chi connectivity index (χ1v) is 9.21.